The Morgan fingerprint density at radius 2 is 2.35 bits per heavy atom. The number of aryl methyl sites for hydroxylation is 1. The molecular weight excluding hydrogens is 292 g/mol. The minimum absolute atomic E-state index is 0.125. The summed E-state index contributed by atoms with van der Waals surface area (Å²) < 4.78 is 0. The summed E-state index contributed by atoms with van der Waals surface area (Å²) in [5.74, 6) is 1.01. The number of anilines is 1. The molecule has 3 rings (SSSR count). The summed E-state index contributed by atoms with van der Waals surface area (Å²) in [6.07, 6.45) is 13.2. The molecule has 0 aromatic carbocycles. The van der Waals surface area contributed by atoms with Crippen LogP contribution in [0.25, 0.3) is 0 Å². The van der Waals surface area contributed by atoms with Crippen LogP contribution in [0.3, 0.4) is 0 Å². The number of nitrogens with zero attached hydrogens (tertiary/aromatic N) is 4. The molecule has 1 aliphatic rings. The lowest BCUT2D eigenvalue weighted by Gasteiger charge is -2.33. The molecule has 23 heavy (non-hydrogen) atoms. The number of amides is 1. The maximum Gasteiger partial charge on any atom is 0.220 e. The first-order valence-electron chi connectivity index (χ1n) is 8.09. The second kappa shape index (κ2) is 7.71. The van der Waals surface area contributed by atoms with Crippen molar-refractivity contribution in [3.05, 3.63) is 36.5 Å². The standard InChI is InChI=1S/C16H22N6O/c23-16(5-1-3-13-9-19-20-10-13)21-14-4-2-8-22(12-14)15-11-17-6-7-18-15/h6-7,9-11,14H,1-5,8,12H2,(H,19,20)(H,21,23). The molecule has 0 bridgehead atoms. The maximum atomic E-state index is 12.1. The molecule has 0 spiro atoms. The number of aromatic amines is 1. The lowest BCUT2D eigenvalue weighted by atomic mass is 10.1. The highest BCUT2D eigenvalue weighted by atomic mass is 16.1. The van der Waals surface area contributed by atoms with E-state index in [0.717, 1.165) is 50.2 Å². The molecule has 7 heteroatoms. The topological polar surface area (TPSA) is 86.8 Å². The summed E-state index contributed by atoms with van der Waals surface area (Å²) in [5, 5.41) is 9.84. The summed E-state index contributed by atoms with van der Waals surface area (Å²) in [5.41, 5.74) is 1.14. The SMILES string of the molecule is O=C(CCCc1cn[nH]c1)NC1CCCN(c2cnccn2)C1. The average Bonchev–Trinajstić information content (AvgIpc) is 3.09. The van der Waals surface area contributed by atoms with E-state index in [1.807, 2.05) is 6.20 Å². The van der Waals surface area contributed by atoms with Gasteiger partial charge < -0.3 is 10.2 Å². The van der Waals surface area contributed by atoms with Gasteiger partial charge in [0.25, 0.3) is 0 Å². The van der Waals surface area contributed by atoms with Gasteiger partial charge in [-0.15, -0.1) is 0 Å². The molecule has 0 radical (unpaired) electrons. The quantitative estimate of drug-likeness (QED) is 0.839. The summed E-state index contributed by atoms with van der Waals surface area (Å²) in [7, 11) is 0. The molecule has 2 N–H and O–H groups in total. The zero-order valence-corrected chi connectivity index (χ0v) is 13.1. The van der Waals surface area contributed by atoms with E-state index < -0.39 is 0 Å². The van der Waals surface area contributed by atoms with Gasteiger partial charge in [0.2, 0.25) is 5.91 Å². The Kier molecular flexibility index (Phi) is 5.18. The fourth-order valence-electron chi connectivity index (χ4n) is 2.92. The average molecular weight is 314 g/mol. The van der Waals surface area contributed by atoms with E-state index in [1.165, 1.54) is 0 Å². The first-order valence-corrected chi connectivity index (χ1v) is 8.09. The highest BCUT2D eigenvalue weighted by Crippen LogP contribution is 2.16. The number of H-pyrrole nitrogens is 1. The molecule has 1 atom stereocenters. The van der Waals surface area contributed by atoms with Crippen molar-refractivity contribution in [2.45, 2.75) is 38.1 Å². The van der Waals surface area contributed by atoms with E-state index in [4.69, 9.17) is 0 Å². The smallest absolute Gasteiger partial charge is 0.220 e. The van der Waals surface area contributed by atoms with Crippen molar-refractivity contribution in [3.8, 4) is 0 Å². The number of rotatable bonds is 6. The minimum Gasteiger partial charge on any atom is -0.353 e. The number of piperidine rings is 1. The molecule has 0 aliphatic carbocycles. The van der Waals surface area contributed by atoms with Crippen molar-refractivity contribution in [2.24, 2.45) is 0 Å². The Morgan fingerprint density at radius 3 is 3.13 bits per heavy atom. The third-order valence-electron chi connectivity index (χ3n) is 4.08. The van der Waals surface area contributed by atoms with Gasteiger partial charge in [0, 0.05) is 44.1 Å². The lowest BCUT2D eigenvalue weighted by molar-refractivity contribution is -0.121. The molecule has 1 fully saturated rings. The summed E-state index contributed by atoms with van der Waals surface area (Å²) in [4.78, 5) is 22.7. The van der Waals surface area contributed by atoms with Crippen molar-refractivity contribution in [1.82, 2.24) is 25.5 Å². The molecule has 122 valence electrons. The zero-order chi connectivity index (χ0) is 15.9. The fourth-order valence-corrected chi connectivity index (χ4v) is 2.92. The largest absolute Gasteiger partial charge is 0.353 e. The first-order chi connectivity index (χ1) is 11.3. The second-order valence-corrected chi connectivity index (χ2v) is 5.88. The van der Waals surface area contributed by atoms with Gasteiger partial charge in [-0.05, 0) is 31.2 Å². The Morgan fingerprint density at radius 1 is 1.39 bits per heavy atom. The Balaban J connectivity index is 1.43. The molecule has 1 unspecified atom stereocenters. The normalized spacial score (nSPS) is 17.9. The summed E-state index contributed by atoms with van der Waals surface area (Å²) in [6.45, 7) is 1.76. The van der Waals surface area contributed by atoms with Crippen molar-refractivity contribution < 1.29 is 4.79 Å². The number of hydrogen-bond acceptors (Lipinski definition) is 5. The van der Waals surface area contributed by atoms with E-state index in [1.54, 1.807) is 24.8 Å². The summed E-state index contributed by atoms with van der Waals surface area (Å²) in [6, 6.07) is 0.187. The lowest BCUT2D eigenvalue weighted by Crippen LogP contribution is -2.48. The van der Waals surface area contributed by atoms with Crippen LogP contribution in [0, 0.1) is 0 Å². The van der Waals surface area contributed by atoms with Crippen LogP contribution in [-0.2, 0) is 11.2 Å². The van der Waals surface area contributed by atoms with Crippen molar-refractivity contribution in [1.29, 1.82) is 0 Å². The van der Waals surface area contributed by atoms with E-state index in [2.05, 4.69) is 30.4 Å². The van der Waals surface area contributed by atoms with Crippen LogP contribution in [0.4, 0.5) is 5.82 Å². The van der Waals surface area contributed by atoms with Crippen LogP contribution in [0.2, 0.25) is 0 Å². The number of hydrogen-bond donors (Lipinski definition) is 2. The second-order valence-electron chi connectivity index (χ2n) is 5.88. The van der Waals surface area contributed by atoms with Gasteiger partial charge in [0.1, 0.15) is 5.82 Å². The number of carbonyl (C=O) groups excluding carboxylic acids is 1. The number of nitrogens with one attached hydrogen (secondary N) is 2. The van der Waals surface area contributed by atoms with Crippen LogP contribution >= 0.6 is 0 Å². The fraction of sp³-hybridized carbons (Fsp3) is 0.500. The van der Waals surface area contributed by atoms with E-state index >= 15 is 0 Å². The summed E-state index contributed by atoms with van der Waals surface area (Å²) >= 11 is 0. The van der Waals surface area contributed by atoms with Crippen molar-refractivity contribution in [3.63, 3.8) is 0 Å². The van der Waals surface area contributed by atoms with Gasteiger partial charge in [-0.2, -0.15) is 5.10 Å². The first kappa shape index (κ1) is 15.5. The van der Waals surface area contributed by atoms with Gasteiger partial charge in [0.15, 0.2) is 0 Å². The number of carbonyl (C=O) groups is 1. The molecule has 1 aliphatic heterocycles. The maximum absolute atomic E-state index is 12.1. The van der Waals surface area contributed by atoms with Crippen LogP contribution in [-0.4, -0.2) is 45.2 Å². The van der Waals surface area contributed by atoms with E-state index in [-0.39, 0.29) is 11.9 Å². The monoisotopic (exact) mass is 314 g/mol. The predicted molar refractivity (Wildman–Crippen MR) is 86.9 cm³/mol. The van der Waals surface area contributed by atoms with Gasteiger partial charge in [-0.3, -0.25) is 14.9 Å². The van der Waals surface area contributed by atoms with Gasteiger partial charge >= 0.3 is 0 Å². The van der Waals surface area contributed by atoms with Crippen LogP contribution < -0.4 is 10.2 Å². The Bertz CT molecular complexity index is 600. The van der Waals surface area contributed by atoms with Crippen molar-refractivity contribution >= 4 is 11.7 Å². The van der Waals surface area contributed by atoms with Gasteiger partial charge in [-0.1, -0.05) is 0 Å². The third-order valence-corrected chi connectivity index (χ3v) is 4.08. The highest BCUT2D eigenvalue weighted by molar-refractivity contribution is 5.76. The number of aromatic nitrogens is 4. The molecule has 2 aromatic heterocycles. The zero-order valence-electron chi connectivity index (χ0n) is 13.1. The minimum atomic E-state index is 0.125. The predicted octanol–water partition coefficient (Wildman–Crippen LogP) is 1.31. The van der Waals surface area contributed by atoms with Crippen LogP contribution in [0.15, 0.2) is 31.0 Å². The molecule has 2 aromatic rings. The van der Waals surface area contributed by atoms with Gasteiger partial charge in [0.05, 0.1) is 12.4 Å². The van der Waals surface area contributed by atoms with E-state index in [9.17, 15) is 4.79 Å². The molecule has 3 heterocycles. The molecular formula is C16H22N6O. The third kappa shape index (κ3) is 4.51. The molecule has 1 amide bonds. The van der Waals surface area contributed by atoms with E-state index in [0.29, 0.717) is 6.42 Å². The van der Waals surface area contributed by atoms with Gasteiger partial charge in [-0.25, -0.2) is 4.98 Å². The Labute approximate surface area is 135 Å². The Hall–Kier alpha value is -2.44. The van der Waals surface area contributed by atoms with Crippen LogP contribution in [0.1, 0.15) is 31.2 Å². The highest BCUT2D eigenvalue weighted by Gasteiger charge is 2.22. The van der Waals surface area contributed by atoms with Crippen molar-refractivity contribution in [2.75, 3.05) is 18.0 Å². The molecule has 7 nitrogen and oxygen atoms in total. The molecule has 1 saturated heterocycles. The molecule has 0 saturated carbocycles. The van der Waals surface area contributed by atoms with Crippen LogP contribution in [0.5, 0.6) is 0 Å².